The zero-order valence-electron chi connectivity index (χ0n) is 16.5. The lowest BCUT2D eigenvalue weighted by atomic mass is 10.1. The molecule has 0 bridgehead atoms. The van der Waals surface area contributed by atoms with E-state index < -0.39 is 0 Å². The molecule has 0 aliphatic rings. The number of anilines is 3. The standard InChI is InChI=1S/C23H18ClN5O2/c1-31-21-11-10-19(14-26-21)27-22(30)16-4-8-18(9-5-16)28-23-25-13-12-20(29-23)15-2-6-17(24)7-3-15/h2-14H,1H3,(H,27,30)(H,25,28,29). The zero-order valence-corrected chi connectivity index (χ0v) is 17.3. The summed E-state index contributed by atoms with van der Waals surface area (Å²) >= 11 is 5.95. The monoisotopic (exact) mass is 431 g/mol. The van der Waals surface area contributed by atoms with Gasteiger partial charge in [-0.15, -0.1) is 0 Å². The second kappa shape index (κ2) is 9.23. The highest BCUT2D eigenvalue weighted by atomic mass is 35.5. The summed E-state index contributed by atoms with van der Waals surface area (Å²) in [6.45, 7) is 0. The van der Waals surface area contributed by atoms with Gasteiger partial charge >= 0.3 is 0 Å². The Morgan fingerprint density at radius 3 is 2.32 bits per heavy atom. The molecular weight excluding hydrogens is 414 g/mol. The smallest absolute Gasteiger partial charge is 0.255 e. The minimum Gasteiger partial charge on any atom is -0.481 e. The number of hydrogen-bond donors (Lipinski definition) is 2. The molecule has 0 spiro atoms. The number of halogens is 1. The molecule has 154 valence electrons. The third kappa shape index (κ3) is 5.15. The van der Waals surface area contributed by atoms with Crippen LogP contribution in [0.15, 0.2) is 79.1 Å². The van der Waals surface area contributed by atoms with Gasteiger partial charge in [0.2, 0.25) is 11.8 Å². The molecule has 0 atom stereocenters. The number of rotatable bonds is 6. The van der Waals surface area contributed by atoms with Crippen LogP contribution in [0.4, 0.5) is 17.3 Å². The second-order valence-electron chi connectivity index (χ2n) is 6.52. The summed E-state index contributed by atoms with van der Waals surface area (Å²) in [6.07, 6.45) is 3.22. The lowest BCUT2D eigenvalue weighted by molar-refractivity contribution is 0.102. The molecule has 0 aliphatic heterocycles. The van der Waals surface area contributed by atoms with Crippen LogP contribution >= 0.6 is 11.6 Å². The Morgan fingerprint density at radius 1 is 0.903 bits per heavy atom. The minimum atomic E-state index is -0.237. The van der Waals surface area contributed by atoms with Crippen molar-refractivity contribution >= 4 is 34.8 Å². The highest BCUT2D eigenvalue weighted by Gasteiger charge is 2.08. The van der Waals surface area contributed by atoms with Crippen molar-refractivity contribution in [3.8, 4) is 17.1 Å². The molecule has 2 aromatic carbocycles. The Bertz CT molecular complexity index is 1180. The van der Waals surface area contributed by atoms with Crippen LogP contribution in [0.1, 0.15) is 10.4 Å². The predicted octanol–water partition coefficient (Wildman–Crippen LogP) is 5.20. The van der Waals surface area contributed by atoms with Crippen LogP contribution < -0.4 is 15.4 Å². The first-order valence-corrected chi connectivity index (χ1v) is 9.76. The third-order valence-corrected chi connectivity index (χ3v) is 4.65. The fourth-order valence-electron chi connectivity index (χ4n) is 2.81. The first kappa shape index (κ1) is 20.3. The van der Waals surface area contributed by atoms with Gasteiger partial charge in [0, 0.05) is 34.1 Å². The molecule has 0 radical (unpaired) electrons. The van der Waals surface area contributed by atoms with Gasteiger partial charge in [0.05, 0.1) is 24.7 Å². The number of aromatic nitrogens is 3. The predicted molar refractivity (Wildman–Crippen MR) is 121 cm³/mol. The van der Waals surface area contributed by atoms with E-state index in [2.05, 4.69) is 25.6 Å². The first-order chi connectivity index (χ1) is 15.1. The lowest BCUT2D eigenvalue weighted by Gasteiger charge is -2.09. The fraction of sp³-hybridized carbons (Fsp3) is 0.0435. The van der Waals surface area contributed by atoms with Gasteiger partial charge in [0.15, 0.2) is 0 Å². The average molecular weight is 432 g/mol. The summed E-state index contributed by atoms with van der Waals surface area (Å²) in [5.74, 6) is 0.698. The van der Waals surface area contributed by atoms with Crippen molar-refractivity contribution < 1.29 is 9.53 Å². The molecule has 31 heavy (non-hydrogen) atoms. The maximum Gasteiger partial charge on any atom is 0.255 e. The second-order valence-corrected chi connectivity index (χ2v) is 6.95. The molecule has 0 saturated carbocycles. The van der Waals surface area contributed by atoms with Crippen LogP contribution in [0.3, 0.4) is 0 Å². The van der Waals surface area contributed by atoms with Crippen LogP contribution in [0.2, 0.25) is 5.02 Å². The van der Waals surface area contributed by atoms with E-state index in [0.29, 0.717) is 28.1 Å². The van der Waals surface area contributed by atoms with Crippen molar-refractivity contribution in [2.45, 2.75) is 0 Å². The zero-order chi connectivity index (χ0) is 21.6. The Hall–Kier alpha value is -3.97. The van der Waals surface area contributed by atoms with Gasteiger partial charge in [-0.25, -0.2) is 15.0 Å². The molecule has 2 aromatic heterocycles. The van der Waals surface area contributed by atoms with Crippen LogP contribution in [0.25, 0.3) is 11.3 Å². The molecule has 4 aromatic rings. The molecule has 0 unspecified atom stereocenters. The summed E-state index contributed by atoms with van der Waals surface area (Å²) in [5.41, 5.74) is 3.57. The summed E-state index contributed by atoms with van der Waals surface area (Å²) in [4.78, 5) is 25.3. The number of ether oxygens (including phenoxy) is 1. The Morgan fingerprint density at radius 2 is 1.65 bits per heavy atom. The van der Waals surface area contributed by atoms with E-state index in [1.165, 1.54) is 13.3 Å². The minimum absolute atomic E-state index is 0.237. The number of hydrogen-bond acceptors (Lipinski definition) is 6. The Kier molecular flexibility index (Phi) is 6.05. The van der Waals surface area contributed by atoms with Crippen LogP contribution in [-0.4, -0.2) is 28.0 Å². The van der Waals surface area contributed by atoms with Crippen LogP contribution in [0.5, 0.6) is 5.88 Å². The maximum atomic E-state index is 12.4. The highest BCUT2D eigenvalue weighted by Crippen LogP contribution is 2.22. The molecule has 2 heterocycles. The SMILES string of the molecule is COc1ccc(NC(=O)c2ccc(Nc3nccc(-c4ccc(Cl)cc4)n3)cc2)cn1. The molecule has 0 saturated heterocycles. The first-order valence-electron chi connectivity index (χ1n) is 9.38. The maximum absolute atomic E-state index is 12.4. The quantitative estimate of drug-likeness (QED) is 0.436. The summed E-state index contributed by atoms with van der Waals surface area (Å²) in [7, 11) is 1.54. The van der Waals surface area contributed by atoms with Crippen molar-refractivity contribution in [2.24, 2.45) is 0 Å². The summed E-state index contributed by atoms with van der Waals surface area (Å²) < 4.78 is 5.01. The Labute approximate surface area is 184 Å². The molecule has 7 nitrogen and oxygen atoms in total. The van der Waals surface area contributed by atoms with E-state index in [9.17, 15) is 4.79 Å². The average Bonchev–Trinajstić information content (AvgIpc) is 2.81. The van der Waals surface area contributed by atoms with Gasteiger partial charge in [-0.2, -0.15) is 0 Å². The third-order valence-electron chi connectivity index (χ3n) is 4.40. The largest absolute Gasteiger partial charge is 0.481 e. The number of benzene rings is 2. The molecule has 8 heteroatoms. The Balaban J connectivity index is 1.43. The molecule has 2 N–H and O–H groups in total. The van der Waals surface area contributed by atoms with E-state index >= 15 is 0 Å². The van der Waals surface area contributed by atoms with E-state index in [-0.39, 0.29) is 5.91 Å². The van der Waals surface area contributed by atoms with Crippen LogP contribution in [-0.2, 0) is 0 Å². The molecular formula is C23H18ClN5O2. The van der Waals surface area contributed by atoms with Crippen molar-refractivity contribution in [2.75, 3.05) is 17.7 Å². The van der Waals surface area contributed by atoms with E-state index in [1.54, 1.807) is 42.6 Å². The van der Waals surface area contributed by atoms with Crippen molar-refractivity contribution in [3.63, 3.8) is 0 Å². The van der Waals surface area contributed by atoms with Gasteiger partial charge in [-0.3, -0.25) is 4.79 Å². The topological polar surface area (TPSA) is 89.0 Å². The normalized spacial score (nSPS) is 10.4. The molecule has 1 amide bonds. The van der Waals surface area contributed by atoms with E-state index in [1.807, 2.05) is 30.3 Å². The molecule has 0 fully saturated rings. The number of carbonyl (C=O) groups excluding carboxylic acids is 1. The molecule has 4 rings (SSSR count). The highest BCUT2D eigenvalue weighted by molar-refractivity contribution is 6.30. The van der Waals surface area contributed by atoms with Crippen LogP contribution in [0, 0.1) is 0 Å². The summed E-state index contributed by atoms with van der Waals surface area (Å²) in [5, 5.41) is 6.62. The van der Waals surface area contributed by atoms with E-state index in [4.69, 9.17) is 16.3 Å². The summed E-state index contributed by atoms with van der Waals surface area (Å²) in [6, 6.07) is 19.7. The van der Waals surface area contributed by atoms with Gasteiger partial charge in [-0.1, -0.05) is 23.7 Å². The van der Waals surface area contributed by atoms with Crippen molar-refractivity contribution in [3.05, 3.63) is 89.7 Å². The number of carbonyl (C=O) groups is 1. The van der Waals surface area contributed by atoms with Gasteiger partial charge in [0.1, 0.15) is 0 Å². The van der Waals surface area contributed by atoms with Crippen molar-refractivity contribution in [1.29, 1.82) is 0 Å². The van der Waals surface area contributed by atoms with E-state index in [0.717, 1.165) is 16.9 Å². The molecule has 0 aliphatic carbocycles. The van der Waals surface area contributed by atoms with Crippen molar-refractivity contribution in [1.82, 2.24) is 15.0 Å². The van der Waals surface area contributed by atoms with Gasteiger partial charge in [0.25, 0.3) is 5.91 Å². The number of nitrogens with zero attached hydrogens (tertiary/aromatic N) is 3. The lowest BCUT2D eigenvalue weighted by Crippen LogP contribution is -2.12. The van der Waals surface area contributed by atoms with Gasteiger partial charge < -0.3 is 15.4 Å². The fourth-order valence-corrected chi connectivity index (χ4v) is 2.94. The number of pyridine rings is 1. The van der Waals surface area contributed by atoms with Gasteiger partial charge in [-0.05, 0) is 48.5 Å². The number of amides is 1. The number of nitrogens with one attached hydrogen (secondary N) is 2. The number of methoxy groups -OCH3 is 1.